The smallest absolute Gasteiger partial charge is 0.122 e. The first-order valence-corrected chi connectivity index (χ1v) is 6.82. The molecule has 0 radical (unpaired) electrons. The van der Waals surface area contributed by atoms with Crippen LogP contribution in [0.2, 0.25) is 0 Å². The molecule has 2 unspecified atom stereocenters. The molecule has 1 aromatic rings. The summed E-state index contributed by atoms with van der Waals surface area (Å²) in [5.41, 5.74) is 1.27. The number of furan rings is 1. The number of ether oxygens (including phenoxy) is 1. The van der Waals surface area contributed by atoms with Gasteiger partial charge >= 0.3 is 0 Å². The zero-order valence-corrected chi connectivity index (χ0v) is 11.6. The summed E-state index contributed by atoms with van der Waals surface area (Å²) in [7, 11) is 0. The summed E-state index contributed by atoms with van der Waals surface area (Å²) in [6.07, 6.45) is 2.40. The second kappa shape index (κ2) is 6.36. The van der Waals surface area contributed by atoms with Gasteiger partial charge in [-0.1, -0.05) is 6.92 Å². The number of rotatable bonds is 5. The first-order valence-electron chi connectivity index (χ1n) is 6.82. The molecule has 18 heavy (non-hydrogen) atoms. The molecule has 1 fully saturated rings. The molecule has 1 aliphatic rings. The van der Waals surface area contributed by atoms with Crippen LogP contribution in [0.4, 0.5) is 0 Å². The lowest BCUT2D eigenvalue weighted by molar-refractivity contribution is -0.0719. The minimum Gasteiger partial charge on any atom is -0.468 e. The summed E-state index contributed by atoms with van der Waals surface area (Å²) in [5.74, 6) is 1.08. The maximum absolute atomic E-state index is 5.75. The van der Waals surface area contributed by atoms with Gasteiger partial charge in [0.1, 0.15) is 5.76 Å². The van der Waals surface area contributed by atoms with Gasteiger partial charge in [-0.2, -0.15) is 0 Å². The molecule has 4 heteroatoms. The van der Waals surface area contributed by atoms with Gasteiger partial charge in [-0.05, 0) is 26.5 Å². The molecule has 2 atom stereocenters. The third kappa shape index (κ3) is 3.57. The standard InChI is InChI=1S/C14H24N2O2/c1-4-15-7-13-5-6-17-14(13)10-16-8-11(2)18-12(3)9-16/h5-6,11-12,15H,4,7-10H2,1-3H3. The first-order chi connectivity index (χ1) is 8.69. The van der Waals surface area contributed by atoms with Crippen molar-refractivity contribution in [3.63, 3.8) is 0 Å². The highest BCUT2D eigenvalue weighted by molar-refractivity contribution is 5.16. The summed E-state index contributed by atoms with van der Waals surface area (Å²) in [5, 5.41) is 3.34. The number of hydrogen-bond donors (Lipinski definition) is 1. The first kappa shape index (κ1) is 13.6. The summed E-state index contributed by atoms with van der Waals surface area (Å²) in [6.45, 7) is 11.1. The number of morpholine rings is 1. The van der Waals surface area contributed by atoms with Gasteiger partial charge in [-0.25, -0.2) is 0 Å². The topological polar surface area (TPSA) is 37.6 Å². The fourth-order valence-corrected chi connectivity index (χ4v) is 2.54. The van der Waals surface area contributed by atoms with Crippen molar-refractivity contribution < 1.29 is 9.15 Å². The minimum absolute atomic E-state index is 0.306. The largest absolute Gasteiger partial charge is 0.468 e. The number of nitrogens with one attached hydrogen (secondary N) is 1. The van der Waals surface area contributed by atoms with Gasteiger partial charge < -0.3 is 14.5 Å². The molecule has 0 aliphatic carbocycles. The maximum atomic E-state index is 5.75. The van der Waals surface area contributed by atoms with E-state index in [0.717, 1.165) is 38.5 Å². The Balaban J connectivity index is 1.94. The van der Waals surface area contributed by atoms with Gasteiger partial charge in [-0.3, -0.25) is 4.90 Å². The molecule has 4 nitrogen and oxygen atoms in total. The van der Waals surface area contributed by atoms with Crippen molar-refractivity contribution in [2.45, 2.75) is 46.1 Å². The van der Waals surface area contributed by atoms with Gasteiger partial charge in [0.2, 0.25) is 0 Å². The van der Waals surface area contributed by atoms with Crippen LogP contribution < -0.4 is 5.32 Å². The second-order valence-electron chi connectivity index (χ2n) is 5.10. The quantitative estimate of drug-likeness (QED) is 0.870. The Labute approximate surface area is 109 Å². The van der Waals surface area contributed by atoms with E-state index >= 15 is 0 Å². The Morgan fingerprint density at radius 3 is 2.72 bits per heavy atom. The van der Waals surface area contributed by atoms with Crippen LogP contribution in [0.15, 0.2) is 16.7 Å². The van der Waals surface area contributed by atoms with Crippen LogP contribution in [0.5, 0.6) is 0 Å². The van der Waals surface area contributed by atoms with Gasteiger partial charge in [0.15, 0.2) is 0 Å². The van der Waals surface area contributed by atoms with Gasteiger partial charge in [0.05, 0.1) is 25.0 Å². The molecular weight excluding hydrogens is 228 g/mol. The molecule has 1 aromatic heterocycles. The van der Waals surface area contributed by atoms with Crippen molar-refractivity contribution >= 4 is 0 Å². The molecule has 0 aromatic carbocycles. The highest BCUT2D eigenvalue weighted by Gasteiger charge is 2.23. The van der Waals surface area contributed by atoms with Crippen molar-refractivity contribution in [1.82, 2.24) is 10.2 Å². The molecule has 102 valence electrons. The molecule has 0 spiro atoms. The Hall–Kier alpha value is -0.840. The van der Waals surface area contributed by atoms with Crippen molar-refractivity contribution in [2.75, 3.05) is 19.6 Å². The summed E-state index contributed by atoms with van der Waals surface area (Å²) in [4.78, 5) is 2.41. The summed E-state index contributed by atoms with van der Waals surface area (Å²) >= 11 is 0. The zero-order valence-electron chi connectivity index (χ0n) is 11.6. The predicted molar refractivity (Wildman–Crippen MR) is 71.4 cm³/mol. The van der Waals surface area contributed by atoms with Crippen LogP contribution in [0.1, 0.15) is 32.1 Å². The Kier molecular flexibility index (Phi) is 4.80. The van der Waals surface area contributed by atoms with E-state index in [1.54, 1.807) is 6.26 Å². The molecule has 2 heterocycles. The average Bonchev–Trinajstić information content (AvgIpc) is 2.72. The Bertz CT molecular complexity index is 354. The van der Waals surface area contributed by atoms with Crippen LogP contribution >= 0.6 is 0 Å². The van der Waals surface area contributed by atoms with Gasteiger partial charge in [0, 0.05) is 25.2 Å². The van der Waals surface area contributed by atoms with E-state index in [0.29, 0.717) is 12.2 Å². The van der Waals surface area contributed by atoms with Crippen LogP contribution in [0, 0.1) is 0 Å². The van der Waals surface area contributed by atoms with Crippen LogP contribution in [0.25, 0.3) is 0 Å². The monoisotopic (exact) mass is 252 g/mol. The Morgan fingerprint density at radius 1 is 1.33 bits per heavy atom. The molecule has 1 aliphatic heterocycles. The van der Waals surface area contributed by atoms with E-state index in [-0.39, 0.29) is 0 Å². The summed E-state index contributed by atoms with van der Waals surface area (Å²) < 4.78 is 11.4. The zero-order chi connectivity index (χ0) is 13.0. The van der Waals surface area contributed by atoms with Crippen LogP contribution in [-0.2, 0) is 17.8 Å². The van der Waals surface area contributed by atoms with E-state index < -0.39 is 0 Å². The normalized spacial score (nSPS) is 25.5. The van der Waals surface area contributed by atoms with Crippen molar-refractivity contribution in [3.05, 3.63) is 23.7 Å². The van der Waals surface area contributed by atoms with Gasteiger partial charge in [0.25, 0.3) is 0 Å². The number of hydrogen-bond acceptors (Lipinski definition) is 4. The molecule has 1 saturated heterocycles. The van der Waals surface area contributed by atoms with Crippen molar-refractivity contribution in [3.8, 4) is 0 Å². The fraction of sp³-hybridized carbons (Fsp3) is 0.714. The van der Waals surface area contributed by atoms with Crippen molar-refractivity contribution in [2.24, 2.45) is 0 Å². The molecular formula is C14H24N2O2. The molecule has 1 N–H and O–H groups in total. The Morgan fingerprint density at radius 2 is 2.06 bits per heavy atom. The highest BCUT2D eigenvalue weighted by Crippen LogP contribution is 2.17. The molecule has 0 amide bonds. The average molecular weight is 252 g/mol. The lowest BCUT2D eigenvalue weighted by Crippen LogP contribution is -2.44. The SMILES string of the molecule is CCNCc1ccoc1CN1CC(C)OC(C)C1. The lowest BCUT2D eigenvalue weighted by Gasteiger charge is -2.34. The third-order valence-electron chi connectivity index (χ3n) is 3.27. The molecule has 2 rings (SSSR count). The fourth-order valence-electron chi connectivity index (χ4n) is 2.54. The minimum atomic E-state index is 0.306. The molecule has 0 saturated carbocycles. The highest BCUT2D eigenvalue weighted by atomic mass is 16.5. The van der Waals surface area contributed by atoms with E-state index in [4.69, 9.17) is 9.15 Å². The van der Waals surface area contributed by atoms with E-state index in [1.165, 1.54) is 5.56 Å². The van der Waals surface area contributed by atoms with Crippen LogP contribution in [0.3, 0.4) is 0 Å². The van der Waals surface area contributed by atoms with Crippen LogP contribution in [-0.4, -0.2) is 36.7 Å². The predicted octanol–water partition coefficient (Wildman–Crippen LogP) is 2.00. The van der Waals surface area contributed by atoms with E-state index in [1.807, 2.05) is 0 Å². The third-order valence-corrected chi connectivity index (χ3v) is 3.27. The lowest BCUT2D eigenvalue weighted by atomic mass is 10.2. The van der Waals surface area contributed by atoms with E-state index in [9.17, 15) is 0 Å². The number of nitrogens with zero attached hydrogens (tertiary/aromatic N) is 1. The van der Waals surface area contributed by atoms with Crippen molar-refractivity contribution in [1.29, 1.82) is 0 Å². The van der Waals surface area contributed by atoms with Gasteiger partial charge in [-0.15, -0.1) is 0 Å². The molecule has 0 bridgehead atoms. The second-order valence-corrected chi connectivity index (χ2v) is 5.10. The maximum Gasteiger partial charge on any atom is 0.122 e. The summed E-state index contributed by atoms with van der Waals surface area (Å²) in [6, 6.07) is 2.06. The van der Waals surface area contributed by atoms with E-state index in [2.05, 4.69) is 37.1 Å².